The number of benzene rings is 4. The Morgan fingerprint density at radius 3 is 2.31 bits per heavy atom. The van der Waals surface area contributed by atoms with E-state index < -0.39 is 17.8 Å². The third kappa shape index (κ3) is 5.92. The van der Waals surface area contributed by atoms with Crippen molar-refractivity contribution in [3.8, 4) is 11.5 Å². The van der Waals surface area contributed by atoms with Gasteiger partial charge in [-0.1, -0.05) is 48.5 Å². The lowest BCUT2D eigenvalue weighted by Gasteiger charge is -2.10. The van der Waals surface area contributed by atoms with Gasteiger partial charge in [0, 0.05) is 11.1 Å². The van der Waals surface area contributed by atoms with Crippen LogP contribution in [-0.4, -0.2) is 37.7 Å². The first kappa shape index (κ1) is 24.2. The zero-order valence-corrected chi connectivity index (χ0v) is 19.4. The lowest BCUT2D eigenvalue weighted by molar-refractivity contribution is -0.120. The summed E-state index contributed by atoms with van der Waals surface area (Å²) >= 11 is 0. The first-order valence-electron chi connectivity index (χ1n) is 11.1. The van der Waals surface area contributed by atoms with Crippen molar-refractivity contribution in [1.82, 2.24) is 10.7 Å². The van der Waals surface area contributed by atoms with E-state index in [-0.39, 0.29) is 6.54 Å². The van der Waals surface area contributed by atoms with Gasteiger partial charge in [-0.05, 0) is 53.2 Å². The molecule has 0 atom stereocenters. The molecule has 0 fully saturated rings. The van der Waals surface area contributed by atoms with Crippen LogP contribution in [0, 0.1) is 0 Å². The molecule has 0 radical (unpaired) electrons. The molecule has 2 N–H and O–H groups in total. The van der Waals surface area contributed by atoms with Crippen LogP contribution in [0.1, 0.15) is 26.3 Å². The van der Waals surface area contributed by atoms with E-state index in [0.29, 0.717) is 28.2 Å². The van der Waals surface area contributed by atoms with Gasteiger partial charge in [0.2, 0.25) is 0 Å². The molecule has 4 rings (SSSR count). The highest BCUT2D eigenvalue weighted by molar-refractivity contribution is 6.04. The molecule has 0 aliphatic heterocycles. The predicted molar refractivity (Wildman–Crippen MR) is 136 cm³/mol. The van der Waals surface area contributed by atoms with Crippen LogP contribution in [0.25, 0.3) is 10.8 Å². The van der Waals surface area contributed by atoms with Gasteiger partial charge in [0.1, 0.15) is 11.5 Å². The van der Waals surface area contributed by atoms with E-state index >= 15 is 0 Å². The Hall–Kier alpha value is -4.98. The highest BCUT2D eigenvalue weighted by atomic mass is 16.5. The minimum atomic E-state index is -0.517. The monoisotopic (exact) mass is 481 g/mol. The number of ether oxygens (including phenoxy) is 2. The Balaban J connectivity index is 1.44. The standard InChI is InChI=1S/C28H23N3O5/c1-35-22-14-11-20(12-15-22)27(33)29-18-26(32)31-30-17-24-23-10-6-5-7-19(23)13-16-25(24)36-28(34)21-8-3-2-4-9-21/h2-17H,18H2,1H3,(H,29,33)(H,31,32)/b30-17+. The van der Waals surface area contributed by atoms with E-state index in [4.69, 9.17) is 9.47 Å². The van der Waals surface area contributed by atoms with E-state index in [1.54, 1.807) is 54.6 Å². The zero-order chi connectivity index (χ0) is 25.3. The summed E-state index contributed by atoms with van der Waals surface area (Å²) in [5.41, 5.74) is 3.72. The maximum atomic E-state index is 12.6. The topological polar surface area (TPSA) is 106 Å². The van der Waals surface area contributed by atoms with Crippen molar-refractivity contribution in [2.75, 3.05) is 13.7 Å². The van der Waals surface area contributed by atoms with Crippen LogP contribution in [0.15, 0.2) is 96.1 Å². The summed E-state index contributed by atoms with van der Waals surface area (Å²) in [6.45, 7) is -0.270. The molecular weight excluding hydrogens is 458 g/mol. The number of hydrogen-bond donors (Lipinski definition) is 2. The van der Waals surface area contributed by atoms with Crippen molar-refractivity contribution in [1.29, 1.82) is 0 Å². The number of carbonyl (C=O) groups is 3. The fraction of sp³-hybridized carbons (Fsp3) is 0.0714. The highest BCUT2D eigenvalue weighted by Crippen LogP contribution is 2.27. The Labute approximate surface area is 207 Å². The van der Waals surface area contributed by atoms with Gasteiger partial charge < -0.3 is 14.8 Å². The molecule has 0 spiro atoms. The van der Waals surface area contributed by atoms with Crippen LogP contribution in [0.3, 0.4) is 0 Å². The van der Waals surface area contributed by atoms with Crippen LogP contribution in [0.4, 0.5) is 0 Å². The van der Waals surface area contributed by atoms with Crippen molar-refractivity contribution in [2.24, 2.45) is 5.10 Å². The number of methoxy groups -OCH3 is 1. The quantitative estimate of drug-likeness (QED) is 0.172. The lowest BCUT2D eigenvalue weighted by Crippen LogP contribution is -2.34. The number of esters is 1. The van der Waals surface area contributed by atoms with Gasteiger partial charge in [-0.25, -0.2) is 10.2 Å². The molecule has 0 aliphatic carbocycles. The molecule has 2 amide bonds. The first-order chi connectivity index (χ1) is 17.5. The number of nitrogens with one attached hydrogen (secondary N) is 2. The SMILES string of the molecule is COc1ccc(C(=O)NCC(=O)N/N=C/c2c(OC(=O)c3ccccc3)ccc3ccccc23)cc1. The zero-order valence-electron chi connectivity index (χ0n) is 19.4. The summed E-state index contributed by atoms with van der Waals surface area (Å²) in [5, 5.41) is 8.26. The molecule has 4 aromatic rings. The summed E-state index contributed by atoms with van der Waals surface area (Å²) in [7, 11) is 1.54. The second-order valence-corrected chi connectivity index (χ2v) is 7.66. The summed E-state index contributed by atoms with van der Waals surface area (Å²) in [5.74, 6) is -0.503. The summed E-state index contributed by atoms with van der Waals surface area (Å²) in [6.07, 6.45) is 1.42. The molecule has 4 aromatic carbocycles. The molecule has 180 valence electrons. The predicted octanol–water partition coefficient (Wildman–Crippen LogP) is 3.95. The molecule has 0 heterocycles. The van der Waals surface area contributed by atoms with E-state index in [2.05, 4.69) is 15.8 Å². The molecule has 8 heteroatoms. The number of rotatable bonds is 8. The minimum Gasteiger partial charge on any atom is -0.497 e. The van der Waals surface area contributed by atoms with Crippen molar-refractivity contribution in [2.45, 2.75) is 0 Å². The second kappa shape index (κ2) is 11.4. The van der Waals surface area contributed by atoms with Gasteiger partial charge in [-0.2, -0.15) is 5.10 Å². The summed E-state index contributed by atoms with van der Waals surface area (Å²) in [4.78, 5) is 37.1. The Bertz CT molecular complexity index is 1420. The molecule has 0 aromatic heterocycles. The average molecular weight is 482 g/mol. The van der Waals surface area contributed by atoms with Gasteiger partial charge in [-0.15, -0.1) is 0 Å². The van der Waals surface area contributed by atoms with Gasteiger partial charge >= 0.3 is 5.97 Å². The number of fused-ring (bicyclic) bond motifs is 1. The minimum absolute atomic E-state index is 0.270. The first-order valence-corrected chi connectivity index (χ1v) is 11.1. The second-order valence-electron chi connectivity index (χ2n) is 7.66. The fourth-order valence-corrected chi connectivity index (χ4v) is 3.44. The molecule has 8 nitrogen and oxygen atoms in total. The third-order valence-electron chi connectivity index (χ3n) is 5.29. The van der Waals surface area contributed by atoms with Gasteiger partial charge in [0.05, 0.1) is 25.4 Å². The smallest absolute Gasteiger partial charge is 0.343 e. The fourth-order valence-electron chi connectivity index (χ4n) is 3.44. The van der Waals surface area contributed by atoms with Gasteiger partial charge in [-0.3, -0.25) is 9.59 Å². The molecular formula is C28H23N3O5. The molecule has 0 bridgehead atoms. The van der Waals surface area contributed by atoms with Crippen molar-refractivity contribution < 1.29 is 23.9 Å². The van der Waals surface area contributed by atoms with Crippen LogP contribution >= 0.6 is 0 Å². The molecule has 0 unspecified atom stereocenters. The van der Waals surface area contributed by atoms with Crippen LogP contribution in [-0.2, 0) is 4.79 Å². The summed E-state index contributed by atoms with van der Waals surface area (Å²) in [6, 6.07) is 26.2. The number of amides is 2. The maximum Gasteiger partial charge on any atom is 0.343 e. The number of nitrogens with zero attached hydrogens (tertiary/aromatic N) is 1. The van der Waals surface area contributed by atoms with Gasteiger partial charge in [0.15, 0.2) is 0 Å². The van der Waals surface area contributed by atoms with Gasteiger partial charge in [0.25, 0.3) is 11.8 Å². The molecule has 36 heavy (non-hydrogen) atoms. The largest absolute Gasteiger partial charge is 0.497 e. The normalized spacial score (nSPS) is 10.7. The highest BCUT2D eigenvalue weighted by Gasteiger charge is 2.13. The third-order valence-corrected chi connectivity index (χ3v) is 5.29. The number of hydrazone groups is 1. The van der Waals surface area contributed by atoms with Crippen molar-refractivity contribution >= 4 is 34.8 Å². The van der Waals surface area contributed by atoms with E-state index in [9.17, 15) is 14.4 Å². The average Bonchev–Trinajstić information content (AvgIpc) is 2.93. The molecule has 0 aliphatic rings. The lowest BCUT2D eigenvalue weighted by atomic mass is 10.0. The van der Waals surface area contributed by atoms with Crippen molar-refractivity contribution in [3.63, 3.8) is 0 Å². The Morgan fingerprint density at radius 1 is 0.833 bits per heavy atom. The van der Waals surface area contributed by atoms with Crippen molar-refractivity contribution in [3.05, 3.63) is 108 Å². The number of carbonyl (C=O) groups excluding carboxylic acids is 3. The molecule has 0 saturated carbocycles. The van der Waals surface area contributed by atoms with Crippen LogP contribution < -0.4 is 20.2 Å². The Kier molecular flexibility index (Phi) is 7.67. The van der Waals surface area contributed by atoms with E-state index in [0.717, 1.165) is 10.8 Å². The maximum absolute atomic E-state index is 12.6. The van der Waals surface area contributed by atoms with E-state index in [1.165, 1.54) is 13.3 Å². The molecule has 0 saturated heterocycles. The van der Waals surface area contributed by atoms with E-state index in [1.807, 2.05) is 36.4 Å². The van der Waals surface area contributed by atoms with Crippen LogP contribution in [0.2, 0.25) is 0 Å². The number of hydrogen-bond acceptors (Lipinski definition) is 6. The summed E-state index contributed by atoms with van der Waals surface area (Å²) < 4.78 is 10.7. The van der Waals surface area contributed by atoms with Crippen LogP contribution in [0.5, 0.6) is 11.5 Å². The Morgan fingerprint density at radius 2 is 1.56 bits per heavy atom.